The minimum absolute atomic E-state index is 0.00404. The Labute approximate surface area is 124 Å². The van der Waals surface area contributed by atoms with E-state index in [4.69, 9.17) is 5.73 Å². The standard InChI is InChI=1S/C15H32N4O/c1-4-18(5-2)15(20)14(3)19-11-7-10-17(12-13-19)9-6-8-16/h14H,4-13,16H2,1-3H3. The highest BCUT2D eigenvalue weighted by Crippen LogP contribution is 2.10. The van der Waals surface area contributed by atoms with Crippen molar-refractivity contribution < 1.29 is 4.79 Å². The third-order valence-corrected chi connectivity index (χ3v) is 4.28. The second kappa shape index (κ2) is 9.32. The largest absolute Gasteiger partial charge is 0.342 e. The topological polar surface area (TPSA) is 52.8 Å². The van der Waals surface area contributed by atoms with Gasteiger partial charge in [-0.05, 0) is 53.2 Å². The molecule has 0 spiro atoms. The van der Waals surface area contributed by atoms with Crippen LogP contribution in [0.15, 0.2) is 0 Å². The fourth-order valence-corrected chi connectivity index (χ4v) is 2.87. The van der Waals surface area contributed by atoms with E-state index in [2.05, 4.69) is 16.7 Å². The zero-order chi connectivity index (χ0) is 15.0. The van der Waals surface area contributed by atoms with Crippen molar-refractivity contribution in [3.63, 3.8) is 0 Å². The fraction of sp³-hybridized carbons (Fsp3) is 0.933. The van der Waals surface area contributed by atoms with Crippen LogP contribution in [0.5, 0.6) is 0 Å². The average molecular weight is 284 g/mol. The van der Waals surface area contributed by atoms with Gasteiger partial charge < -0.3 is 15.5 Å². The Morgan fingerprint density at radius 2 is 1.90 bits per heavy atom. The number of amides is 1. The highest BCUT2D eigenvalue weighted by Gasteiger charge is 2.26. The monoisotopic (exact) mass is 284 g/mol. The lowest BCUT2D eigenvalue weighted by atomic mass is 10.2. The Morgan fingerprint density at radius 3 is 2.50 bits per heavy atom. The maximum Gasteiger partial charge on any atom is 0.239 e. The Morgan fingerprint density at radius 1 is 1.20 bits per heavy atom. The van der Waals surface area contributed by atoms with Crippen molar-refractivity contribution >= 4 is 5.91 Å². The second-order valence-corrected chi connectivity index (χ2v) is 5.56. The maximum absolute atomic E-state index is 12.4. The van der Waals surface area contributed by atoms with Gasteiger partial charge in [0, 0.05) is 32.7 Å². The molecule has 0 bridgehead atoms. The molecule has 0 radical (unpaired) electrons. The van der Waals surface area contributed by atoms with Crippen LogP contribution in [-0.2, 0) is 4.79 Å². The summed E-state index contributed by atoms with van der Waals surface area (Å²) >= 11 is 0. The molecule has 20 heavy (non-hydrogen) atoms. The SMILES string of the molecule is CCN(CC)C(=O)C(C)N1CCCN(CCCN)CC1. The van der Waals surface area contributed by atoms with E-state index in [1.165, 1.54) is 0 Å². The summed E-state index contributed by atoms with van der Waals surface area (Å²) in [7, 11) is 0. The van der Waals surface area contributed by atoms with Crippen molar-refractivity contribution in [2.24, 2.45) is 5.73 Å². The quantitative estimate of drug-likeness (QED) is 0.744. The van der Waals surface area contributed by atoms with Gasteiger partial charge in [-0.1, -0.05) is 0 Å². The first-order valence-corrected chi connectivity index (χ1v) is 8.09. The van der Waals surface area contributed by atoms with Crippen molar-refractivity contribution in [1.29, 1.82) is 0 Å². The first-order valence-electron chi connectivity index (χ1n) is 8.09. The lowest BCUT2D eigenvalue weighted by molar-refractivity contribution is -0.136. The molecule has 0 aromatic rings. The lowest BCUT2D eigenvalue weighted by Gasteiger charge is -2.31. The molecule has 0 aliphatic carbocycles. The molecule has 0 aromatic heterocycles. The first-order chi connectivity index (χ1) is 9.63. The summed E-state index contributed by atoms with van der Waals surface area (Å²) in [5.74, 6) is 0.269. The van der Waals surface area contributed by atoms with Gasteiger partial charge in [0.2, 0.25) is 5.91 Å². The van der Waals surface area contributed by atoms with E-state index < -0.39 is 0 Å². The van der Waals surface area contributed by atoms with Crippen LogP contribution < -0.4 is 5.73 Å². The van der Waals surface area contributed by atoms with E-state index in [0.29, 0.717) is 0 Å². The molecule has 0 aromatic carbocycles. The van der Waals surface area contributed by atoms with Crippen LogP contribution in [0.4, 0.5) is 0 Å². The number of rotatable bonds is 7. The molecule has 1 saturated heterocycles. The number of hydrogen-bond donors (Lipinski definition) is 1. The first kappa shape index (κ1) is 17.4. The zero-order valence-corrected chi connectivity index (χ0v) is 13.5. The highest BCUT2D eigenvalue weighted by atomic mass is 16.2. The summed E-state index contributed by atoms with van der Waals surface area (Å²) in [5, 5.41) is 0. The summed E-state index contributed by atoms with van der Waals surface area (Å²) in [6.07, 6.45) is 2.20. The van der Waals surface area contributed by atoms with Gasteiger partial charge in [-0.2, -0.15) is 0 Å². The van der Waals surface area contributed by atoms with E-state index in [0.717, 1.165) is 65.2 Å². The molecule has 118 valence electrons. The molecule has 1 amide bonds. The van der Waals surface area contributed by atoms with Crippen LogP contribution in [-0.4, -0.2) is 79.0 Å². The van der Waals surface area contributed by atoms with Crippen molar-refractivity contribution in [3.8, 4) is 0 Å². The molecule has 1 heterocycles. The van der Waals surface area contributed by atoms with Gasteiger partial charge in [0.15, 0.2) is 0 Å². The molecule has 1 unspecified atom stereocenters. The van der Waals surface area contributed by atoms with Crippen LogP contribution in [0.1, 0.15) is 33.6 Å². The molecular weight excluding hydrogens is 252 g/mol. The number of carbonyl (C=O) groups excluding carboxylic acids is 1. The Bertz CT molecular complexity index is 281. The van der Waals surface area contributed by atoms with Crippen LogP contribution >= 0.6 is 0 Å². The Kier molecular flexibility index (Phi) is 8.11. The number of nitrogens with two attached hydrogens (primary N) is 1. The number of carbonyl (C=O) groups is 1. The summed E-state index contributed by atoms with van der Waals surface area (Å²) in [6, 6.07) is 0.00404. The van der Waals surface area contributed by atoms with Crippen molar-refractivity contribution in [2.45, 2.75) is 39.7 Å². The minimum atomic E-state index is 0.00404. The summed E-state index contributed by atoms with van der Waals surface area (Å²) in [5.41, 5.74) is 5.58. The number of nitrogens with zero attached hydrogens (tertiary/aromatic N) is 3. The second-order valence-electron chi connectivity index (χ2n) is 5.56. The van der Waals surface area contributed by atoms with Gasteiger partial charge in [0.25, 0.3) is 0 Å². The normalized spacial score (nSPS) is 19.6. The molecule has 5 heteroatoms. The predicted octanol–water partition coefficient (Wildman–Crippen LogP) is 0.600. The van der Waals surface area contributed by atoms with Gasteiger partial charge in [-0.15, -0.1) is 0 Å². The summed E-state index contributed by atoms with van der Waals surface area (Å²) in [6.45, 7) is 13.8. The van der Waals surface area contributed by atoms with Crippen molar-refractivity contribution in [1.82, 2.24) is 14.7 Å². The molecule has 0 saturated carbocycles. The van der Waals surface area contributed by atoms with Crippen molar-refractivity contribution in [3.05, 3.63) is 0 Å². The molecule has 1 atom stereocenters. The minimum Gasteiger partial charge on any atom is -0.342 e. The smallest absolute Gasteiger partial charge is 0.239 e. The van der Waals surface area contributed by atoms with Gasteiger partial charge in [-0.25, -0.2) is 0 Å². The maximum atomic E-state index is 12.4. The third kappa shape index (κ3) is 5.04. The van der Waals surface area contributed by atoms with E-state index in [1.54, 1.807) is 0 Å². The van der Waals surface area contributed by atoms with Gasteiger partial charge in [0.1, 0.15) is 0 Å². The Balaban J connectivity index is 2.49. The molecule has 1 rings (SSSR count). The highest BCUT2D eigenvalue weighted by molar-refractivity contribution is 5.81. The molecule has 1 aliphatic heterocycles. The lowest BCUT2D eigenvalue weighted by Crippen LogP contribution is -2.48. The fourth-order valence-electron chi connectivity index (χ4n) is 2.87. The van der Waals surface area contributed by atoms with E-state index in [9.17, 15) is 4.79 Å². The van der Waals surface area contributed by atoms with Crippen LogP contribution in [0.3, 0.4) is 0 Å². The van der Waals surface area contributed by atoms with E-state index in [-0.39, 0.29) is 11.9 Å². The van der Waals surface area contributed by atoms with E-state index in [1.807, 2.05) is 18.7 Å². The van der Waals surface area contributed by atoms with Gasteiger partial charge in [0.05, 0.1) is 6.04 Å². The Hall–Kier alpha value is -0.650. The van der Waals surface area contributed by atoms with Gasteiger partial charge >= 0.3 is 0 Å². The van der Waals surface area contributed by atoms with Crippen LogP contribution in [0.25, 0.3) is 0 Å². The molecule has 1 aliphatic rings. The molecular formula is C15H32N4O. The van der Waals surface area contributed by atoms with Crippen molar-refractivity contribution in [2.75, 3.05) is 52.4 Å². The van der Waals surface area contributed by atoms with Crippen LogP contribution in [0.2, 0.25) is 0 Å². The van der Waals surface area contributed by atoms with Gasteiger partial charge in [-0.3, -0.25) is 9.69 Å². The molecule has 2 N–H and O–H groups in total. The molecule has 5 nitrogen and oxygen atoms in total. The molecule has 1 fully saturated rings. The van der Waals surface area contributed by atoms with E-state index >= 15 is 0 Å². The summed E-state index contributed by atoms with van der Waals surface area (Å²) in [4.78, 5) is 19.2. The third-order valence-electron chi connectivity index (χ3n) is 4.28. The average Bonchev–Trinajstić information content (AvgIpc) is 2.71. The number of hydrogen-bond acceptors (Lipinski definition) is 4. The zero-order valence-electron chi connectivity index (χ0n) is 13.5. The number of likely N-dealkylation sites (N-methyl/N-ethyl adjacent to an activating group) is 1. The van der Waals surface area contributed by atoms with Crippen LogP contribution in [0, 0.1) is 0 Å². The summed E-state index contributed by atoms with van der Waals surface area (Å²) < 4.78 is 0. The predicted molar refractivity (Wildman–Crippen MR) is 83.7 cm³/mol.